The van der Waals surface area contributed by atoms with Gasteiger partial charge >= 0.3 is 11.9 Å². The van der Waals surface area contributed by atoms with Gasteiger partial charge in [-0.3, -0.25) is 9.59 Å². The van der Waals surface area contributed by atoms with Crippen LogP contribution in [0.3, 0.4) is 0 Å². The molecule has 0 rings (SSSR count). The van der Waals surface area contributed by atoms with E-state index in [1.165, 1.54) is 276 Å². The fourth-order valence-corrected chi connectivity index (χ4v) is 10.7. The van der Waals surface area contributed by atoms with Crippen LogP contribution in [0.1, 0.15) is 354 Å². The Bertz CT molecular complexity index is 1440. The molecule has 9 heteroatoms. The minimum Gasteiger partial charge on any atom is -0.545 e. The molecule has 0 aliphatic rings. The summed E-state index contributed by atoms with van der Waals surface area (Å²) in [7, 11) is 5.94. The van der Waals surface area contributed by atoms with Crippen molar-refractivity contribution in [1.29, 1.82) is 0 Å². The second kappa shape index (κ2) is 64.5. The van der Waals surface area contributed by atoms with Gasteiger partial charge in [0.05, 0.1) is 40.3 Å². The largest absolute Gasteiger partial charge is 0.545 e. The summed E-state index contributed by atoms with van der Waals surface area (Å²) in [5.74, 6) is -2.25. The van der Waals surface area contributed by atoms with Gasteiger partial charge in [-0.1, -0.05) is 326 Å². The minimum absolute atomic E-state index is 0.151. The molecule has 0 fully saturated rings. The zero-order valence-electron chi connectivity index (χ0n) is 55.1. The highest BCUT2D eigenvalue weighted by molar-refractivity contribution is 5.70. The molecule has 0 N–H and O–H groups in total. The van der Waals surface area contributed by atoms with Gasteiger partial charge in [0.2, 0.25) is 0 Å². The van der Waals surface area contributed by atoms with Crippen LogP contribution in [0.2, 0.25) is 0 Å². The maximum absolute atomic E-state index is 12.9. The van der Waals surface area contributed by atoms with E-state index in [9.17, 15) is 19.5 Å². The summed E-state index contributed by atoms with van der Waals surface area (Å²) in [5.41, 5.74) is 0. The maximum Gasteiger partial charge on any atom is 0.306 e. The average Bonchev–Trinajstić information content (AvgIpc) is 3.47. The molecule has 0 amide bonds. The molecule has 2 atom stereocenters. The van der Waals surface area contributed by atoms with Gasteiger partial charge in [-0.2, -0.15) is 0 Å². The van der Waals surface area contributed by atoms with E-state index in [1.54, 1.807) is 0 Å². The highest BCUT2D eigenvalue weighted by Crippen LogP contribution is 2.19. The Morgan fingerprint density at radius 2 is 0.659 bits per heavy atom. The van der Waals surface area contributed by atoms with Crippen molar-refractivity contribution in [3.8, 4) is 0 Å². The second-order valence-electron chi connectivity index (χ2n) is 25.5. The fourth-order valence-electron chi connectivity index (χ4n) is 10.7. The average molecular weight is 1160 g/mol. The number of ether oxygens (including phenoxy) is 4. The van der Waals surface area contributed by atoms with E-state index in [4.69, 9.17) is 18.9 Å². The smallest absolute Gasteiger partial charge is 0.306 e. The van der Waals surface area contributed by atoms with E-state index >= 15 is 0 Å². The van der Waals surface area contributed by atoms with E-state index in [1.807, 2.05) is 21.1 Å². The number of esters is 2. The van der Waals surface area contributed by atoms with Crippen LogP contribution in [-0.2, 0) is 33.3 Å². The first-order valence-corrected chi connectivity index (χ1v) is 35.6. The first kappa shape index (κ1) is 79.5. The minimum atomic E-state index is -1.62. The normalized spacial score (nSPS) is 12.8. The van der Waals surface area contributed by atoms with Crippen LogP contribution in [0.15, 0.2) is 36.5 Å². The Morgan fingerprint density at radius 3 is 0.976 bits per heavy atom. The Labute approximate surface area is 509 Å². The van der Waals surface area contributed by atoms with Crippen molar-refractivity contribution >= 4 is 17.9 Å². The lowest BCUT2D eigenvalue weighted by Gasteiger charge is -2.26. The van der Waals surface area contributed by atoms with Crippen LogP contribution in [0.5, 0.6) is 0 Å². The van der Waals surface area contributed by atoms with Crippen molar-refractivity contribution in [2.45, 2.75) is 367 Å². The van der Waals surface area contributed by atoms with Crippen LogP contribution in [0.4, 0.5) is 0 Å². The first-order chi connectivity index (χ1) is 40.1. The number of likely N-dealkylation sites (N-methyl/N-ethyl adjacent to an activating group) is 1. The molecule has 0 aliphatic carbocycles. The summed E-state index contributed by atoms with van der Waals surface area (Å²) in [6.07, 6.45) is 78.1. The molecule has 0 aromatic rings. The number of carbonyl (C=O) groups excluding carboxylic acids is 3. The van der Waals surface area contributed by atoms with Gasteiger partial charge in [-0.25, -0.2) is 0 Å². The Morgan fingerprint density at radius 1 is 0.366 bits per heavy atom. The van der Waals surface area contributed by atoms with Crippen molar-refractivity contribution < 1.29 is 42.9 Å². The molecule has 82 heavy (non-hydrogen) atoms. The number of aliphatic carboxylic acids is 1. The van der Waals surface area contributed by atoms with Crippen LogP contribution < -0.4 is 5.11 Å². The SMILES string of the molecule is CCCCCCC/C=C\C/C=C\C/C=C\CCCCCCCCCCCCCCCCCCCCCCCCC(=O)OC(COC(=O)CCCCCCCCCCCCCCCCCCCCCC)COC(OCC[N+](C)(C)C)C(=O)[O-]. The van der Waals surface area contributed by atoms with E-state index in [0.717, 1.165) is 51.4 Å². The molecule has 0 heterocycles. The summed E-state index contributed by atoms with van der Waals surface area (Å²) in [5, 5.41) is 11.8. The summed E-state index contributed by atoms with van der Waals surface area (Å²) in [6.45, 7) is 4.80. The molecule has 0 aromatic carbocycles. The fraction of sp³-hybridized carbons (Fsp3) is 0.877. The third-order valence-corrected chi connectivity index (χ3v) is 16.1. The van der Waals surface area contributed by atoms with Crippen LogP contribution in [0.25, 0.3) is 0 Å². The second-order valence-corrected chi connectivity index (χ2v) is 25.5. The Kier molecular flexibility index (Phi) is 62.5. The third kappa shape index (κ3) is 65.1. The number of carboxylic acid groups (broad SMARTS) is 1. The van der Waals surface area contributed by atoms with Gasteiger partial charge in [-0.15, -0.1) is 0 Å². The highest BCUT2D eigenvalue weighted by Gasteiger charge is 2.22. The maximum atomic E-state index is 12.9. The topological polar surface area (TPSA) is 111 Å². The lowest BCUT2D eigenvalue weighted by atomic mass is 10.0. The van der Waals surface area contributed by atoms with E-state index < -0.39 is 24.3 Å². The van der Waals surface area contributed by atoms with Gasteiger partial charge in [0, 0.05) is 12.8 Å². The predicted octanol–water partition coefficient (Wildman–Crippen LogP) is 20.6. The first-order valence-electron chi connectivity index (χ1n) is 35.6. The van der Waals surface area contributed by atoms with Crippen LogP contribution >= 0.6 is 0 Å². The number of carboxylic acids is 1. The van der Waals surface area contributed by atoms with Gasteiger partial charge in [0.25, 0.3) is 0 Å². The summed E-state index contributed by atoms with van der Waals surface area (Å²) < 4.78 is 22.8. The molecular weight excluding hydrogens is 1020 g/mol. The molecule has 0 saturated heterocycles. The highest BCUT2D eigenvalue weighted by atomic mass is 16.7. The molecule has 482 valence electrons. The number of hydrogen-bond donors (Lipinski definition) is 0. The van der Waals surface area contributed by atoms with Crippen LogP contribution in [0, 0.1) is 0 Å². The van der Waals surface area contributed by atoms with E-state index in [2.05, 4.69) is 50.3 Å². The van der Waals surface area contributed by atoms with Gasteiger partial charge < -0.3 is 33.3 Å². The number of nitrogens with zero attached hydrogens (tertiary/aromatic N) is 1. The Balaban J connectivity index is 4.00. The monoisotopic (exact) mass is 1160 g/mol. The summed E-state index contributed by atoms with van der Waals surface area (Å²) in [6, 6.07) is 0. The van der Waals surface area contributed by atoms with Crippen molar-refractivity contribution in [2.24, 2.45) is 0 Å². The van der Waals surface area contributed by atoms with Gasteiger partial charge in [-0.05, 0) is 51.4 Å². The lowest BCUT2D eigenvalue weighted by molar-refractivity contribution is -0.870. The molecule has 0 saturated carbocycles. The molecular formula is C73H137NO8. The number of unbranched alkanes of at least 4 members (excludes halogenated alkanes) is 46. The number of rotatable bonds is 67. The molecule has 9 nitrogen and oxygen atoms in total. The molecule has 2 unspecified atom stereocenters. The van der Waals surface area contributed by atoms with E-state index in [-0.39, 0.29) is 32.2 Å². The third-order valence-electron chi connectivity index (χ3n) is 16.1. The molecule has 0 spiro atoms. The summed E-state index contributed by atoms with van der Waals surface area (Å²) >= 11 is 0. The quantitative estimate of drug-likeness (QED) is 0.0195. The number of allylic oxidation sites excluding steroid dienone is 6. The molecule has 0 radical (unpaired) electrons. The number of carbonyl (C=O) groups is 3. The zero-order chi connectivity index (χ0) is 59.8. The van der Waals surface area contributed by atoms with Gasteiger partial charge in [0.1, 0.15) is 13.2 Å². The lowest BCUT2D eigenvalue weighted by Crippen LogP contribution is -2.44. The number of quaternary nitrogens is 1. The molecule has 0 aromatic heterocycles. The van der Waals surface area contributed by atoms with Crippen molar-refractivity contribution in [1.82, 2.24) is 0 Å². The predicted molar refractivity (Wildman–Crippen MR) is 348 cm³/mol. The van der Waals surface area contributed by atoms with Crippen LogP contribution in [-0.4, -0.2) is 82.3 Å². The van der Waals surface area contributed by atoms with E-state index in [0.29, 0.717) is 17.4 Å². The summed E-state index contributed by atoms with van der Waals surface area (Å²) in [4.78, 5) is 37.4. The molecule has 0 bridgehead atoms. The standard InChI is InChI=1S/C73H137NO8/c1-6-8-10-12-14-16-18-20-22-24-26-28-29-30-31-32-33-34-35-36-37-38-39-40-41-42-43-44-46-48-50-52-54-56-58-60-62-64-71(76)82-69(68-81-73(72(77)78)79-66-65-74(3,4)5)67-80-70(75)63-61-59-57-55-53-51-49-47-45-27-25-23-21-19-17-15-13-11-9-7-2/h18,20,24,26,29-30,69,73H,6-17,19,21-23,25,27-28,31-68H2,1-5H3/b20-18-,26-24-,30-29-. The van der Waals surface area contributed by atoms with Crippen molar-refractivity contribution in [2.75, 3.05) is 47.5 Å². The van der Waals surface area contributed by atoms with Crippen molar-refractivity contribution in [3.63, 3.8) is 0 Å². The Hall–Kier alpha value is -2.49. The van der Waals surface area contributed by atoms with Gasteiger partial charge in [0.15, 0.2) is 12.4 Å². The number of hydrogen-bond acceptors (Lipinski definition) is 8. The molecule has 0 aliphatic heterocycles. The van der Waals surface area contributed by atoms with Crippen molar-refractivity contribution in [3.05, 3.63) is 36.5 Å². The zero-order valence-corrected chi connectivity index (χ0v) is 55.1.